The minimum Gasteiger partial charge on any atom is -0.486 e. The second-order valence-electron chi connectivity index (χ2n) is 4.42. The standard InChI is InChI=1S/C15H13BrN2O/c1-11-3-2-4-14(7-11)19-10-15-17-8-13-6-5-12(16)9-18(13)15/h2-9H,10H2,1H3. The summed E-state index contributed by atoms with van der Waals surface area (Å²) in [6.45, 7) is 2.50. The molecule has 19 heavy (non-hydrogen) atoms. The fourth-order valence-electron chi connectivity index (χ4n) is 1.98. The third kappa shape index (κ3) is 2.63. The third-order valence-corrected chi connectivity index (χ3v) is 3.39. The van der Waals surface area contributed by atoms with E-state index in [2.05, 4.69) is 33.9 Å². The van der Waals surface area contributed by atoms with Gasteiger partial charge < -0.3 is 4.74 Å². The first-order valence-corrected chi connectivity index (χ1v) is 6.82. The van der Waals surface area contributed by atoms with Crippen LogP contribution in [0.25, 0.3) is 5.52 Å². The van der Waals surface area contributed by atoms with Crippen molar-refractivity contribution in [3.63, 3.8) is 0 Å². The quantitative estimate of drug-likeness (QED) is 0.730. The summed E-state index contributed by atoms with van der Waals surface area (Å²) in [5, 5.41) is 0. The highest BCUT2D eigenvalue weighted by atomic mass is 79.9. The Morgan fingerprint density at radius 2 is 2.16 bits per heavy atom. The van der Waals surface area contributed by atoms with Crippen LogP contribution in [0.3, 0.4) is 0 Å². The number of rotatable bonds is 3. The van der Waals surface area contributed by atoms with Gasteiger partial charge in [-0.15, -0.1) is 0 Å². The lowest BCUT2D eigenvalue weighted by molar-refractivity contribution is 0.295. The molecule has 1 aromatic carbocycles. The average Bonchev–Trinajstić information content (AvgIpc) is 2.79. The molecule has 3 aromatic rings. The molecular formula is C15H13BrN2O. The van der Waals surface area contributed by atoms with Gasteiger partial charge in [0.1, 0.15) is 12.4 Å². The van der Waals surface area contributed by atoms with Crippen molar-refractivity contribution in [3.05, 3.63) is 64.7 Å². The predicted octanol–water partition coefficient (Wildman–Crippen LogP) is 3.98. The lowest BCUT2D eigenvalue weighted by Crippen LogP contribution is -2.01. The SMILES string of the molecule is Cc1cccc(OCc2ncc3ccc(Br)cn23)c1. The Labute approximate surface area is 120 Å². The number of ether oxygens (including phenoxy) is 1. The molecule has 0 fully saturated rings. The van der Waals surface area contributed by atoms with E-state index in [9.17, 15) is 0 Å². The van der Waals surface area contributed by atoms with Crippen molar-refractivity contribution in [2.24, 2.45) is 0 Å². The number of aromatic nitrogens is 2. The zero-order valence-corrected chi connectivity index (χ0v) is 12.1. The molecule has 0 saturated carbocycles. The van der Waals surface area contributed by atoms with Gasteiger partial charge >= 0.3 is 0 Å². The molecule has 3 nitrogen and oxygen atoms in total. The van der Waals surface area contributed by atoms with Gasteiger partial charge in [0, 0.05) is 10.7 Å². The first-order chi connectivity index (χ1) is 9.22. The molecule has 0 saturated heterocycles. The summed E-state index contributed by atoms with van der Waals surface area (Å²) in [5.74, 6) is 1.75. The summed E-state index contributed by atoms with van der Waals surface area (Å²) in [6.07, 6.45) is 3.85. The van der Waals surface area contributed by atoms with E-state index < -0.39 is 0 Å². The highest BCUT2D eigenvalue weighted by Crippen LogP contribution is 2.17. The maximum Gasteiger partial charge on any atom is 0.151 e. The minimum atomic E-state index is 0.452. The molecule has 0 atom stereocenters. The van der Waals surface area contributed by atoms with Crippen molar-refractivity contribution in [1.29, 1.82) is 0 Å². The molecule has 0 spiro atoms. The molecule has 0 bridgehead atoms. The van der Waals surface area contributed by atoms with Crippen LogP contribution in [0.15, 0.2) is 53.3 Å². The van der Waals surface area contributed by atoms with Gasteiger partial charge in [-0.1, -0.05) is 12.1 Å². The molecule has 2 heterocycles. The van der Waals surface area contributed by atoms with Crippen molar-refractivity contribution < 1.29 is 4.74 Å². The normalized spacial score (nSPS) is 10.8. The zero-order valence-electron chi connectivity index (χ0n) is 10.5. The Hall–Kier alpha value is -1.81. The molecule has 96 valence electrons. The molecule has 0 aliphatic carbocycles. The number of fused-ring (bicyclic) bond motifs is 1. The minimum absolute atomic E-state index is 0.452. The van der Waals surface area contributed by atoms with Gasteiger partial charge in [-0.3, -0.25) is 4.40 Å². The van der Waals surface area contributed by atoms with Gasteiger partial charge in [-0.05, 0) is 52.7 Å². The van der Waals surface area contributed by atoms with E-state index in [1.807, 2.05) is 47.1 Å². The molecule has 0 amide bonds. The van der Waals surface area contributed by atoms with E-state index in [0.29, 0.717) is 6.61 Å². The number of benzene rings is 1. The highest BCUT2D eigenvalue weighted by molar-refractivity contribution is 9.10. The molecule has 0 aliphatic heterocycles. The van der Waals surface area contributed by atoms with Crippen molar-refractivity contribution in [3.8, 4) is 5.75 Å². The number of imidazole rings is 1. The van der Waals surface area contributed by atoms with E-state index in [4.69, 9.17) is 4.74 Å². The van der Waals surface area contributed by atoms with Gasteiger partial charge in [0.25, 0.3) is 0 Å². The Kier molecular flexibility index (Phi) is 3.25. The number of nitrogens with zero attached hydrogens (tertiary/aromatic N) is 2. The molecule has 4 heteroatoms. The van der Waals surface area contributed by atoms with Gasteiger partial charge in [0.05, 0.1) is 11.7 Å². The van der Waals surface area contributed by atoms with Crippen LogP contribution < -0.4 is 4.74 Å². The van der Waals surface area contributed by atoms with Gasteiger partial charge in [0.2, 0.25) is 0 Å². The van der Waals surface area contributed by atoms with Crippen LogP contribution in [0, 0.1) is 6.92 Å². The van der Waals surface area contributed by atoms with E-state index in [-0.39, 0.29) is 0 Å². The Bertz CT molecular complexity index is 721. The number of aryl methyl sites for hydroxylation is 1. The molecule has 0 radical (unpaired) electrons. The molecule has 0 N–H and O–H groups in total. The maximum atomic E-state index is 5.78. The van der Waals surface area contributed by atoms with Crippen molar-refractivity contribution in [2.45, 2.75) is 13.5 Å². The average molecular weight is 317 g/mol. The summed E-state index contributed by atoms with van der Waals surface area (Å²) in [6, 6.07) is 12.0. The second-order valence-corrected chi connectivity index (χ2v) is 5.34. The van der Waals surface area contributed by atoms with Crippen LogP contribution in [0.1, 0.15) is 11.4 Å². The second kappa shape index (κ2) is 5.05. The van der Waals surface area contributed by atoms with Gasteiger partial charge in [-0.2, -0.15) is 0 Å². The fraction of sp³-hybridized carbons (Fsp3) is 0.133. The Morgan fingerprint density at radius 1 is 1.26 bits per heavy atom. The van der Waals surface area contributed by atoms with Crippen molar-refractivity contribution in [1.82, 2.24) is 9.38 Å². The monoisotopic (exact) mass is 316 g/mol. The summed E-state index contributed by atoms with van der Waals surface area (Å²) in [7, 11) is 0. The number of hydrogen-bond acceptors (Lipinski definition) is 2. The van der Waals surface area contributed by atoms with Crippen LogP contribution in [0.5, 0.6) is 5.75 Å². The molecular weight excluding hydrogens is 304 g/mol. The van der Waals surface area contributed by atoms with Crippen LogP contribution in [-0.4, -0.2) is 9.38 Å². The van der Waals surface area contributed by atoms with Gasteiger partial charge in [0.15, 0.2) is 5.82 Å². The van der Waals surface area contributed by atoms with Gasteiger partial charge in [-0.25, -0.2) is 4.98 Å². The molecule has 0 unspecified atom stereocenters. The number of hydrogen-bond donors (Lipinski definition) is 0. The van der Waals surface area contributed by atoms with E-state index in [0.717, 1.165) is 21.6 Å². The van der Waals surface area contributed by atoms with Crippen LogP contribution in [0.4, 0.5) is 0 Å². The molecule has 2 aromatic heterocycles. The fourth-order valence-corrected chi connectivity index (χ4v) is 2.31. The lowest BCUT2D eigenvalue weighted by atomic mass is 10.2. The summed E-state index contributed by atoms with van der Waals surface area (Å²) in [5.41, 5.74) is 2.25. The first kappa shape index (κ1) is 12.2. The van der Waals surface area contributed by atoms with Crippen LogP contribution >= 0.6 is 15.9 Å². The van der Waals surface area contributed by atoms with Crippen LogP contribution in [-0.2, 0) is 6.61 Å². The van der Waals surface area contributed by atoms with E-state index >= 15 is 0 Å². The topological polar surface area (TPSA) is 26.5 Å². The number of halogens is 1. The Balaban J connectivity index is 1.84. The largest absolute Gasteiger partial charge is 0.486 e. The summed E-state index contributed by atoms with van der Waals surface area (Å²) < 4.78 is 8.83. The molecule has 3 rings (SSSR count). The lowest BCUT2D eigenvalue weighted by Gasteiger charge is -2.06. The Morgan fingerprint density at radius 3 is 3.00 bits per heavy atom. The summed E-state index contributed by atoms with van der Waals surface area (Å²) in [4.78, 5) is 4.39. The summed E-state index contributed by atoms with van der Waals surface area (Å²) >= 11 is 3.47. The molecule has 0 aliphatic rings. The van der Waals surface area contributed by atoms with E-state index in [1.165, 1.54) is 5.56 Å². The first-order valence-electron chi connectivity index (χ1n) is 6.03. The van der Waals surface area contributed by atoms with Crippen molar-refractivity contribution in [2.75, 3.05) is 0 Å². The zero-order chi connectivity index (χ0) is 13.2. The number of pyridine rings is 1. The smallest absolute Gasteiger partial charge is 0.151 e. The predicted molar refractivity (Wildman–Crippen MR) is 78.4 cm³/mol. The van der Waals surface area contributed by atoms with Crippen LogP contribution in [0.2, 0.25) is 0 Å². The highest BCUT2D eigenvalue weighted by Gasteiger charge is 2.04. The van der Waals surface area contributed by atoms with Crippen molar-refractivity contribution >= 4 is 21.4 Å². The van der Waals surface area contributed by atoms with E-state index in [1.54, 1.807) is 0 Å². The maximum absolute atomic E-state index is 5.78. The third-order valence-electron chi connectivity index (χ3n) is 2.93.